The van der Waals surface area contributed by atoms with Crippen LogP contribution >= 0.6 is 35.7 Å². The standard InChI is InChI=1S/C17H27N5S.HI/c1-5-18-16(20-13-17(2,3)23-4)19-10-9-14-12-22-11-7-6-8-15(22)21-14;/h6-8,11-12H,5,9-10,13H2,1-4H3,(H2,18,19,20);1H. The number of hydrogen-bond donors (Lipinski definition) is 2. The Morgan fingerprint density at radius 3 is 2.79 bits per heavy atom. The van der Waals surface area contributed by atoms with Crippen LogP contribution in [0.1, 0.15) is 26.5 Å². The summed E-state index contributed by atoms with van der Waals surface area (Å²) in [5.74, 6) is 0.874. The van der Waals surface area contributed by atoms with Crippen molar-refractivity contribution in [3.05, 3.63) is 36.3 Å². The van der Waals surface area contributed by atoms with Crippen LogP contribution in [0.25, 0.3) is 5.65 Å². The molecule has 2 heterocycles. The van der Waals surface area contributed by atoms with Crippen molar-refractivity contribution in [2.24, 2.45) is 4.99 Å². The van der Waals surface area contributed by atoms with Gasteiger partial charge in [0.25, 0.3) is 0 Å². The summed E-state index contributed by atoms with van der Waals surface area (Å²) in [5, 5.41) is 6.69. The number of guanidine groups is 1. The van der Waals surface area contributed by atoms with Gasteiger partial charge >= 0.3 is 0 Å². The van der Waals surface area contributed by atoms with Crippen molar-refractivity contribution in [1.82, 2.24) is 20.0 Å². The zero-order valence-corrected chi connectivity index (χ0v) is 18.0. The third-order valence-corrected chi connectivity index (χ3v) is 4.84. The van der Waals surface area contributed by atoms with Crippen molar-refractivity contribution in [3.8, 4) is 0 Å². The third-order valence-electron chi connectivity index (χ3n) is 3.60. The third kappa shape index (κ3) is 6.51. The summed E-state index contributed by atoms with van der Waals surface area (Å²) in [6, 6.07) is 6.04. The number of halogens is 1. The summed E-state index contributed by atoms with van der Waals surface area (Å²) < 4.78 is 2.21. The monoisotopic (exact) mass is 461 g/mol. The highest BCUT2D eigenvalue weighted by Crippen LogP contribution is 2.20. The minimum absolute atomic E-state index is 0. The van der Waals surface area contributed by atoms with E-state index in [-0.39, 0.29) is 28.7 Å². The number of imidazole rings is 1. The average Bonchev–Trinajstić information content (AvgIpc) is 2.95. The average molecular weight is 461 g/mol. The molecule has 134 valence electrons. The zero-order valence-electron chi connectivity index (χ0n) is 14.9. The van der Waals surface area contributed by atoms with Gasteiger partial charge in [0.1, 0.15) is 5.65 Å². The number of nitrogens with zero attached hydrogens (tertiary/aromatic N) is 3. The van der Waals surface area contributed by atoms with Crippen LogP contribution in [-0.2, 0) is 6.42 Å². The van der Waals surface area contributed by atoms with Crippen LogP contribution in [0.3, 0.4) is 0 Å². The van der Waals surface area contributed by atoms with Crippen LogP contribution in [0.15, 0.2) is 35.6 Å². The summed E-state index contributed by atoms with van der Waals surface area (Å²) in [4.78, 5) is 9.29. The minimum Gasteiger partial charge on any atom is -0.357 e. The predicted octanol–water partition coefficient (Wildman–Crippen LogP) is 3.19. The topological polar surface area (TPSA) is 53.7 Å². The van der Waals surface area contributed by atoms with Crippen molar-refractivity contribution in [1.29, 1.82) is 0 Å². The maximum Gasteiger partial charge on any atom is 0.191 e. The number of nitrogens with one attached hydrogen (secondary N) is 2. The lowest BCUT2D eigenvalue weighted by molar-refractivity contribution is 0.709. The van der Waals surface area contributed by atoms with E-state index in [1.54, 1.807) is 0 Å². The molecule has 0 fully saturated rings. The quantitative estimate of drug-likeness (QED) is 0.378. The van der Waals surface area contributed by atoms with E-state index >= 15 is 0 Å². The second kappa shape index (κ2) is 10.1. The minimum atomic E-state index is 0. The highest BCUT2D eigenvalue weighted by atomic mass is 127. The maximum atomic E-state index is 4.68. The molecule has 2 N–H and O–H groups in total. The molecule has 0 aliphatic rings. The molecule has 7 heteroatoms. The molecule has 0 unspecified atom stereocenters. The Morgan fingerprint density at radius 1 is 1.33 bits per heavy atom. The number of fused-ring (bicyclic) bond motifs is 1. The van der Waals surface area contributed by atoms with E-state index in [2.05, 4.69) is 58.2 Å². The first-order valence-electron chi connectivity index (χ1n) is 8.04. The summed E-state index contributed by atoms with van der Waals surface area (Å²) in [5.41, 5.74) is 2.08. The molecule has 0 saturated carbocycles. The lowest BCUT2D eigenvalue weighted by Gasteiger charge is -2.20. The molecule has 0 bridgehead atoms. The Bertz CT molecular complexity index is 620. The number of aromatic nitrogens is 2. The predicted molar refractivity (Wildman–Crippen MR) is 116 cm³/mol. The number of thioether (sulfide) groups is 1. The number of rotatable bonds is 7. The molecule has 0 aromatic carbocycles. The Balaban J connectivity index is 0.00000288. The SMILES string of the molecule is CCNC(=NCC(C)(C)SC)NCCc1cn2ccccc2n1.I. The molecule has 0 aliphatic carbocycles. The Hall–Kier alpha value is -0.960. The summed E-state index contributed by atoms with van der Waals surface area (Å²) in [6.07, 6.45) is 7.10. The summed E-state index contributed by atoms with van der Waals surface area (Å²) in [7, 11) is 0. The van der Waals surface area contributed by atoms with Gasteiger partial charge in [0, 0.05) is 36.7 Å². The molecule has 2 aromatic rings. The molecule has 0 radical (unpaired) electrons. The molecular weight excluding hydrogens is 433 g/mol. The van der Waals surface area contributed by atoms with E-state index in [9.17, 15) is 0 Å². The van der Waals surface area contributed by atoms with Gasteiger partial charge in [-0.25, -0.2) is 4.98 Å². The van der Waals surface area contributed by atoms with Gasteiger partial charge < -0.3 is 15.0 Å². The van der Waals surface area contributed by atoms with Crippen molar-refractivity contribution < 1.29 is 0 Å². The van der Waals surface area contributed by atoms with Crippen molar-refractivity contribution in [2.75, 3.05) is 25.9 Å². The van der Waals surface area contributed by atoms with Crippen molar-refractivity contribution in [2.45, 2.75) is 31.9 Å². The summed E-state index contributed by atoms with van der Waals surface area (Å²) in [6.45, 7) is 8.97. The van der Waals surface area contributed by atoms with E-state index in [1.807, 2.05) is 36.2 Å². The molecular formula is C17H28IN5S. The normalized spacial score (nSPS) is 12.1. The molecule has 2 rings (SSSR count). The second-order valence-corrected chi connectivity index (χ2v) is 7.55. The Kier molecular flexibility index (Phi) is 8.90. The molecule has 0 saturated heterocycles. The van der Waals surface area contributed by atoms with Crippen LogP contribution in [0, 0.1) is 0 Å². The van der Waals surface area contributed by atoms with Gasteiger partial charge in [-0.3, -0.25) is 4.99 Å². The molecule has 0 aliphatic heterocycles. The lowest BCUT2D eigenvalue weighted by atomic mass is 10.2. The fourth-order valence-electron chi connectivity index (χ4n) is 2.09. The molecule has 0 amide bonds. The first-order chi connectivity index (χ1) is 11.0. The van der Waals surface area contributed by atoms with E-state index in [0.717, 1.165) is 43.4 Å². The van der Waals surface area contributed by atoms with Crippen LogP contribution < -0.4 is 10.6 Å². The number of hydrogen-bond acceptors (Lipinski definition) is 3. The summed E-state index contributed by atoms with van der Waals surface area (Å²) >= 11 is 1.83. The van der Waals surface area contributed by atoms with Crippen LogP contribution in [0.4, 0.5) is 0 Å². The first kappa shape index (κ1) is 21.1. The van der Waals surface area contributed by atoms with Gasteiger partial charge in [0.2, 0.25) is 0 Å². The molecule has 2 aromatic heterocycles. The first-order valence-corrected chi connectivity index (χ1v) is 9.26. The van der Waals surface area contributed by atoms with E-state index in [1.165, 1.54) is 0 Å². The van der Waals surface area contributed by atoms with E-state index < -0.39 is 0 Å². The largest absolute Gasteiger partial charge is 0.357 e. The van der Waals surface area contributed by atoms with E-state index in [0.29, 0.717) is 0 Å². The molecule has 24 heavy (non-hydrogen) atoms. The van der Waals surface area contributed by atoms with Gasteiger partial charge in [-0.2, -0.15) is 11.8 Å². The molecule has 0 spiro atoms. The van der Waals surface area contributed by atoms with Gasteiger partial charge in [-0.1, -0.05) is 6.07 Å². The fourth-order valence-corrected chi connectivity index (χ4v) is 2.29. The second-order valence-electron chi connectivity index (χ2n) is 6.03. The lowest BCUT2D eigenvalue weighted by Crippen LogP contribution is -2.39. The van der Waals surface area contributed by atoms with Gasteiger partial charge in [0.05, 0.1) is 12.2 Å². The smallest absolute Gasteiger partial charge is 0.191 e. The van der Waals surface area contributed by atoms with Crippen molar-refractivity contribution >= 4 is 47.3 Å². The van der Waals surface area contributed by atoms with Crippen molar-refractivity contribution in [3.63, 3.8) is 0 Å². The van der Waals surface area contributed by atoms with Gasteiger partial charge in [-0.15, -0.1) is 24.0 Å². The highest BCUT2D eigenvalue weighted by molar-refractivity contribution is 14.0. The zero-order chi connectivity index (χ0) is 16.7. The maximum absolute atomic E-state index is 4.68. The number of aliphatic imine (C=N–C) groups is 1. The van der Waals surface area contributed by atoms with Crippen LogP contribution in [-0.4, -0.2) is 46.0 Å². The Morgan fingerprint density at radius 2 is 2.12 bits per heavy atom. The van der Waals surface area contributed by atoms with Gasteiger partial charge in [-0.05, 0) is 39.2 Å². The molecule has 5 nitrogen and oxygen atoms in total. The highest BCUT2D eigenvalue weighted by Gasteiger charge is 2.15. The molecule has 0 atom stereocenters. The van der Waals surface area contributed by atoms with Gasteiger partial charge in [0.15, 0.2) is 5.96 Å². The number of pyridine rings is 1. The van der Waals surface area contributed by atoms with E-state index in [4.69, 9.17) is 0 Å². The van der Waals surface area contributed by atoms with Crippen LogP contribution in [0.5, 0.6) is 0 Å². The van der Waals surface area contributed by atoms with Crippen LogP contribution in [0.2, 0.25) is 0 Å². The Labute approximate surface area is 166 Å². The fraction of sp³-hybridized carbons (Fsp3) is 0.529.